The van der Waals surface area contributed by atoms with Crippen LogP contribution in [0.25, 0.3) is 0 Å². The largest absolute Gasteiger partial charge is 0.496 e. The third kappa shape index (κ3) is 4.58. The summed E-state index contributed by atoms with van der Waals surface area (Å²) in [5.74, 6) is 1.93. The van der Waals surface area contributed by atoms with Crippen molar-refractivity contribution in [2.24, 2.45) is 0 Å². The van der Waals surface area contributed by atoms with Crippen molar-refractivity contribution in [3.8, 4) is 5.75 Å². The van der Waals surface area contributed by atoms with E-state index in [1.165, 1.54) is 5.56 Å². The zero-order valence-corrected chi connectivity index (χ0v) is 16.9. The molecule has 0 bridgehead atoms. The van der Waals surface area contributed by atoms with Crippen LogP contribution in [0.1, 0.15) is 29.8 Å². The molecule has 1 unspecified atom stereocenters. The molecule has 7 heteroatoms. The first-order valence-corrected chi connectivity index (χ1v) is 10.2. The number of rotatable bonds is 8. The van der Waals surface area contributed by atoms with E-state index in [1.807, 2.05) is 12.3 Å². The average molecular weight is 377 g/mol. The van der Waals surface area contributed by atoms with Gasteiger partial charge in [-0.05, 0) is 50.3 Å². The molecule has 6 nitrogen and oxygen atoms in total. The van der Waals surface area contributed by atoms with Gasteiger partial charge >= 0.3 is 0 Å². The van der Waals surface area contributed by atoms with Crippen LogP contribution in [-0.4, -0.2) is 52.8 Å². The van der Waals surface area contributed by atoms with Crippen molar-refractivity contribution in [1.82, 2.24) is 19.7 Å². The maximum absolute atomic E-state index is 5.81. The molecule has 1 aromatic heterocycles. The maximum Gasteiger partial charge on any atom is 0.191 e. The fraction of sp³-hybridized carbons (Fsp3) is 0.579. The Kier molecular flexibility index (Phi) is 6.56. The highest BCUT2D eigenvalue weighted by molar-refractivity contribution is 7.98. The van der Waals surface area contributed by atoms with Gasteiger partial charge in [-0.3, -0.25) is 4.90 Å². The minimum absolute atomic E-state index is 0.283. The molecule has 3 rings (SSSR count). The van der Waals surface area contributed by atoms with Crippen LogP contribution in [0, 0.1) is 6.92 Å². The van der Waals surface area contributed by atoms with Crippen LogP contribution in [0.2, 0.25) is 0 Å². The topological polar surface area (TPSA) is 52.4 Å². The predicted molar refractivity (Wildman–Crippen MR) is 104 cm³/mol. The van der Waals surface area contributed by atoms with Gasteiger partial charge in [-0.15, -0.1) is 10.2 Å². The van der Waals surface area contributed by atoms with E-state index in [1.54, 1.807) is 18.9 Å². The molecule has 2 heterocycles. The van der Waals surface area contributed by atoms with Crippen molar-refractivity contribution < 1.29 is 9.47 Å². The highest BCUT2D eigenvalue weighted by Gasteiger charge is 2.21. The summed E-state index contributed by atoms with van der Waals surface area (Å²) >= 11 is 1.64. The number of aromatic nitrogens is 3. The van der Waals surface area contributed by atoms with E-state index in [2.05, 4.69) is 45.8 Å². The molecule has 1 saturated heterocycles. The Labute approximate surface area is 159 Å². The van der Waals surface area contributed by atoms with E-state index in [-0.39, 0.29) is 6.10 Å². The number of thioether (sulfide) groups is 1. The Morgan fingerprint density at radius 1 is 1.35 bits per heavy atom. The number of aryl methyl sites for hydroxylation is 1. The summed E-state index contributed by atoms with van der Waals surface area (Å²) in [5, 5.41) is 9.74. The Hall–Kier alpha value is -1.57. The highest BCUT2D eigenvalue weighted by atomic mass is 32.2. The summed E-state index contributed by atoms with van der Waals surface area (Å²) < 4.78 is 13.4. The molecule has 2 aromatic rings. The normalized spacial score (nSPS) is 17.2. The Bertz CT molecular complexity index is 728. The predicted octanol–water partition coefficient (Wildman–Crippen LogP) is 3.13. The molecule has 1 atom stereocenters. The van der Waals surface area contributed by atoms with E-state index in [9.17, 15) is 0 Å². The second-order valence-electron chi connectivity index (χ2n) is 6.82. The van der Waals surface area contributed by atoms with Gasteiger partial charge in [0.05, 0.1) is 26.3 Å². The Balaban J connectivity index is 1.67. The molecule has 142 valence electrons. The van der Waals surface area contributed by atoms with E-state index >= 15 is 0 Å². The van der Waals surface area contributed by atoms with Crippen molar-refractivity contribution >= 4 is 11.8 Å². The SMILES string of the molecule is COc1ccc(CN(C)Cc2nnc(SC)n2CC2CCCO2)cc1C. The molecule has 0 saturated carbocycles. The fourth-order valence-corrected chi connectivity index (χ4v) is 3.93. The lowest BCUT2D eigenvalue weighted by Gasteiger charge is -2.19. The molecular weight excluding hydrogens is 348 g/mol. The molecule has 1 aliphatic heterocycles. The van der Waals surface area contributed by atoms with Crippen LogP contribution in [0.3, 0.4) is 0 Å². The number of methoxy groups -OCH3 is 1. The number of nitrogens with zero attached hydrogens (tertiary/aromatic N) is 4. The summed E-state index contributed by atoms with van der Waals surface area (Å²) in [6.45, 7) is 5.39. The zero-order chi connectivity index (χ0) is 18.5. The third-order valence-electron chi connectivity index (χ3n) is 4.71. The van der Waals surface area contributed by atoms with Gasteiger partial charge in [0.1, 0.15) is 11.6 Å². The minimum Gasteiger partial charge on any atom is -0.496 e. The van der Waals surface area contributed by atoms with Gasteiger partial charge in [0.25, 0.3) is 0 Å². The highest BCUT2D eigenvalue weighted by Crippen LogP contribution is 2.22. The molecule has 1 fully saturated rings. The number of ether oxygens (including phenoxy) is 2. The number of hydrogen-bond acceptors (Lipinski definition) is 6. The van der Waals surface area contributed by atoms with Gasteiger partial charge in [0.15, 0.2) is 5.16 Å². The lowest BCUT2D eigenvalue weighted by molar-refractivity contribution is 0.0934. The first-order valence-electron chi connectivity index (χ1n) is 9.00. The van der Waals surface area contributed by atoms with E-state index in [4.69, 9.17) is 9.47 Å². The second-order valence-corrected chi connectivity index (χ2v) is 7.60. The quantitative estimate of drug-likeness (QED) is 0.660. The molecule has 1 aromatic carbocycles. The summed E-state index contributed by atoms with van der Waals surface area (Å²) in [6.07, 6.45) is 4.59. The van der Waals surface area contributed by atoms with Crippen molar-refractivity contribution in [2.45, 2.75) is 50.7 Å². The first kappa shape index (κ1) is 19.2. The zero-order valence-electron chi connectivity index (χ0n) is 16.1. The summed E-state index contributed by atoms with van der Waals surface area (Å²) in [7, 11) is 3.82. The van der Waals surface area contributed by atoms with Gasteiger partial charge < -0.3 is 14.0 Å². The molecule has 0 N–H and O–H groups in total. The van der Waals surface area contributed by atoms with Gasteiger partial charge in [0, 0.05) is 13.2 Å². The Morgan fingerprint density at radius 3 is 2.85 bits per heavy atom. The maximum atomic E-state index is 5.81. The lowest BCUT2D eigenvalue weighted by atomic mass is 10.1. The molecular formula is C19H28N4O2S. The van der Waals surface area contributed by atoms with Crippen LogP contribution in [0.4, 0.5) is 0 Å². The van der Waals surface area contributed by atoms with Crippen LogP contribution in [0.15, 0.2) is 23.4 Å². The standard InChI is InChI=1S/C19H28N4O2S/c1-14-10-15(7-8-17(14)24-3)11-22(2)13-18-20-21-19(26-4)23(18)12-16-6-5-9-25-16/h7-8,10,16H,5-6,9,11-13H2,1-4H3. The molecule has 0 radical (unpaired) electrons. The molecule has 0 aliphatic carbocycles. The van der Waals surface area contributed by atoms with Crippen molar-refractivity contribution in [3.63, 3.8) is 0 Å². The van der Waals surface area contributed by atoms with Crippen LogP contribution < -0.4 is 4.74 Å². The third-order valence-corrected chi connectivity index (χ3v) is 5.38. The Morgan fingerprint density at radius 2 is 2.19 bits per heavy atom. The van der Waals surface area contributed by atoms with E-state index in [0.29, 0.717) is 0 Å². The van der Waals surface area contributed by atoms with Crippen molar-refractivity contribution in [2.75, 3.05) is 27.0 Å². The van der Waals surface area contributed by atoms with E-state index < -0.39 is 0 Å². The molecule has 0 amide bonds. The van der Waals surface area contributed by atoms with Gasteiger partial charge in [-0.1, -0.05) is 23.9 Å². The number of benzene rings is 1. The van der Waals surface area contributed by atoms with Gasteiger partial charge in [0.2, 0.25) is 0 Å². The van der Waals surface area contributed by atoms with E-state index in [0.717, 1.165) is 61.4 Å². The smallest absolute Gasteiger partial charge is 0.191 e. The second kappa shape index (κ2) is 8.88. The molecule has 26 heavy (non-hydrogen) atoms. The monoisotopic (exact) mass is 376 g/mol. The summed E-state index contributed by atoms with van der Waals surface area (Å²) in [6, 6.07) is 6.33. The number of hydrogen-bond donors (Lipinski definition) is 0. The molecule has 1 aliphatic rings. The van der Waals surface area contributed by atoms with Crippen molar-refractivity contribution in [1.29, 1.82) is 0 Å². The van der Waals surface area contributed by atoms with Crippen LogP contribution in [-0.2, 0) is 24.4 Å². The fourth-order valence-electron chi connectivity index (χ4n) is 3.41. The first-order chi connectivity index (χ1) is 12.6. The van der Waals surface area contributed by atoms with Crippen LogP contribution >= 0.6 is 11.8 Å². The lowest BCUT2D eigenvalue weighted by Crippen LogP contribution is -2.23. The van der Waals surface area contributed by atoms with Crippen molar-refractivity contribution in [3.05, 3.63) is 35.2 Å². The van der Waals surface area contributed by atoms with Gasteiger partial charge in [-0.2, -0.15) is 0 Å². The minimum atomic E-state index is 0.283. The van der Waals surface area contributed by atoms with Crippen LogP contribution in [0.5, 0.6) is 5.75 Å². The molecule has 0 spiro atoms. The summed E-state index contributed by atoms with van der Waals surface area (Å²) in [5.41, 5.74) is 2.42. The van der Waals surface area contributed by atoms with Gasteiger partial charge in [-0.25, -0.2) is 0 Å². The summed E-state index contributed by atoms with van der Waals surface area (Å²) in [4.78, 5) is 2.27. The average Bonchev–Trinajstić information content (AvgIpc) is 3.26.